The van der Waals surface area contributed by atoms with Crippen LogP contribution in [0.3, 0.4) is 0 Å². The molecular weight excluding hydrogens is 434 g/mol. The van der Waals surface area contributed by atoms with Crippen LogP contribution >= 0.6 is 0 Å². The van der Waals surface area contributed by atoms with E-state index >= 15 is 0 Å². The van der Waals surface area contributed by atoms with Crippen LogP contribution in [0.1, 0.15) is 49.6 Å². The molecule has 1 aliphatic rings. The zero-order valence-electron chi connectivity index (χ0n) is 17.8. The molecule has 2 heterocycles. The van der Waals surface area contributed by atoms with Crippen LogP contribution in [0.25, 0.3) is 0 Å². The average molecular weight is 453 g/mol. The molecule has 0 radical (unpaired) electrons. The van der Waals surface area contributed by atoms with Crippen molar-refractivity contribution in [3.8, 4) is 5.75 Å². The molecule has 5 rings (SSSR count). The number of hydrogen-bond acceptors (Lipinski definition) is 6. The summed E-state index contributed by atoms with van der Waals surface area (Å²) in [5.74, 6) is -1.68. The summed E-state index contributed by atoms with van der Waals surface area (Å²) in [7, 11) is 0. The van der Waals surface area contributed by atoms with Crippen LogP contribution in [0.15, 0.2) is 102 Å². The Morgan fingerprint density at radius 1 is 0.765 bits per heavy atom. The van der Waals surface area contributed by atoms with Crippen LogP contribution in [0.2, 0.25) is 0 Å². The standard InChI is InChI=1S/C27H19NO6/c29-25-20-12-7-13-21(22(20)26(30)28-25)33-24(19-14-15-32-16-19)27(31)34-23(17-8-3-1-4-9-17)18-10-5-2-6-11-18/h1-16,23-24H,(H,28,29,30). The number of hydrogen-bond donors (Lipinski definition) is 1. The van der Waals surface area contributed by atoms with Gasteiger partial charge in [0.1, 0.15) is 5.75 Å². The molecule has 0 saturated heterocycles. The molecule has 2 amide bonds. The van der Waals surface area contributed by atoms with Gasteiger partial charge >= 0.3 is 5.97 Å². The minimum Gasteiger partial charge on any atom is -0.473 e. The third-order valence-corrected chi connectivity index (χ3v) is 5.47. The first-order valence-electron chi connectivity index (χ1n) is 10.6. The number of furan rings is 1. The number of rotatable bonds is 7. The summed E-state index contributed by atoms with van der Waals surface area (Å²) in [5, 5.41) is 2.24. The molecule has 4 aromatic rings. The second kappa shape index (κ2) is 9.07. The Kier molecular flexibility index (Phi) is 5.66. The molecular formula is C27H19NO6. The molecule has 3 aromatic carbocycles. The first-order chi connectivity index (χ1) is 16.6. The molecule has 0 saturated carbocycles. The number of carbonyl (C=O) groups excluding carboxylic acids is 3. The fourth-order valence-electron chi connectivity index (χ4n) is 3.85. The lowest BCUT2D eigenvalue weighted by atomic mass is 10.0. The van der Waals surface area contributed by atoms with Gasteiger partial charge in [-0.2, -0.15) is 0 Å². The lowest BCUT2D eigenvalue weighted by molar-refractivity contribution is -0.156. The summed E-state index contributed by atoms with van der Waals surface area (Å²) in [6, 6.07) is 24.9. The summed E-state index contributed by atoms with van der Waals surface area (Å²) in [4.78, 5) is 37.9. The van der Waals surface area contributed by atoms with E-state index in [0.717, 1.165) is 11.1 Å². The highest BCUT2D eigenvalue weighted by atomic mass is 16.6. The molecule has 168 valence electrons. The number of fused-ring (bicyclic) bond motifs is 1. The monoisotopic (exact) mass is 453 g/mol. The second-order valence-electron chi connectivity index (χ2n) is 7.65. The van der Waals surface area contributed by atoms with Gasteiger partial charge in [0.05, 0.1) is 23.7 Å². The van der Waals surface area contributed by atoms with Crippen molar-refractivity contribution in [2.24, 2.45) is 0 Å². The predicted molar refractivity (Wildman–Crippen MR) is 121 cm³/mol. The molecule has 7 heteroatoms. The number of ether oxygens (including phenoxy) is 2. The maximum atomic E-state index is 13.5. The van der Waals surface area contributed by atoms with Crippen LogP contribution in [-0.2, 0) is 9.53 Å². The van der Waals surface area contributed by atoms with Gasteiger partial charge in [0.2, 0.25) is 6.10 Å². The lowest BCUT2D eigenvalue weighted by Gasteiger charge is -2.23. The van der Waals surface area contributed by atoms with Gasteiger partial charge in [0, 0.05) is 5.56 Å². The van der Waals surface area contributed by atoms with Gasteiger partial charge in [0.25, 0.3) is 11.8 Å². The van der Waals surface area contributed by atoms with Crippen molar-refractivity contribution in [2.45, 2.75) is 12.2 Å². The molecule has 7 nitrogen and oxygen atoms in total. The van der Waals surface area contributed by atoms with Gasteiger partial charge in [-0.15, -0.1) is 0 Å². The van der Waals surface area contributed by atoms with E-state index in [-0.39, 0.29) is 16.9 Å². The van der Waals surface area contributed by atoms with Gasteiger partial charge in [-0.1, -0.05) is 66.7 Å². The van der Waals surface area contributed by atoms with Crippen LogP contribution in [0.4, 0.5) is 0 Å². The highest BCUT2D eigenvalue weighted by Gasteiger charge is 2.34. The molecule has 34 heavy (non-hydrogen) atoms. The Hall–Kier alpha value is -4.65. The van der Waals surface area contributed by atoms with E-state index < -0.39 is 30.0 Å². The van der Waals surface area contributed by atoms with E-state index in [9.17, 15) is 14.4 Å². The van der Waals surface area contributed by atoms with E-state index in [1.54, 1.807) is 12.1 Å². The Morgan fingerprint density at radius 3 is 2.06 bits per heavy atom. The van der Waals surface area contributed by atoms with Crippen molar-refractivity contribution in [3.63, 3.8) is 0 Å². The van der Waals surface area contributed by atoms with E-state index in [4.69, 9.17) is 13.9 Å². The normalized spacial score (nSPS) is 13.3. The van der Waals surface area contributed by atoms with E-state index in [0.29, 0.717) is 5.56 Å². The lowest BCUT2D eigenvalue weighted by Crippen LogP contribution is -2.24. The van der Waals surface area contributed by atoms with Gasteiger partial charge in [-0.3, -0.25) is 14.9 Å². The minimum atomic E-state index is -1.23. The topological polar surface area (TPSA) is 94.8 Å². The second-order valence-corrected chi connectivity index (χ2v) is 7.65. The average Bonchev–Trinajstić information content (AvgIpc) is 3.50. The van der Waals surface area contributed by atoms with Crippen molar-refractivity contribution >= 4 is 17.8 Å². The predicted octanol–water partition coefficient (Wildman–Crippen LogP) is 4.62. The maximum Gasteiger partial charge on any atom is 0.353 e. The summed E-state index contributed by atoms with van der Waals surface area (Å²) in [6.45, 7) is 0. The van der Waals surface area contributed by atoms with Crippen LogP contribution in [-0.4, -0.2) is 17.8 Å². The summed E-state index contributed by atoms with van der Waals surface area (Å²) in [6.07, 6.45) is 0.875. The van der Waals surface area contributed by atoms with Crippen molar-refractivity contribution in [2.75, 3.05) is 0 Å². The summed E-state index contributed by atoms with van der Waals surface area (Å²) in [5.41, 5.74) is 2.26. The van der Waals surface area contributed by atoms with E-state index in [1.165, 1.54) is 24.7 Å². The van der Waals surface area contributed by atoms with E-state index in [2.05, 4.69) is 5.32 Å². The largest absolute Gasteiger partial charge is 0.473 e. The van der Waals surface area contributed by atoms with E-state index in [1.807, 2.05) is 60.7 Å². The molecule has 1 aromatic heterocycles. The van der Waals surface area contributed by atoms with Crippen LogP contribution < -0.4 is 10.1 Å². The SMILES string of the molecule is O=C1NC(=O)c2c(OC(C(=O)OC(c3ccccc3)c3ccccc3)c3ccoc3)cccc21. The Labute approximate surface area is 194 Å². The Bertz CT molecular complexity index is 1290. The highest BCUT2D eigenvalue weighted by molar-refractivity contribution is 6.22. The molecule has 0 bridgehead atoms. The highest BCUT2D eigenvalue weighted by Crippen LogP contribution is 2.33. The zero-order valence-corrected chi connectivity index (χ0v) is 17.8. The van der Waals surface area contributed by atoms with Gasteiger partial charge in [-0.25, -0.2) is 4.79 Å². The number of carbonyl (C=O) groups is 3. The van der Waals surface area contributed by atoms with Crippen LogP contribution in [0.5, 0.6) is 5.75 Å². The zero-order chi connectivity index (χ0) is 23.5. The smallest absolute Gasteiger partial charge is 0.353 e. The number of esters is 1. The van der Waals surface area contributed by atoms with Gasteiger partial charge in [-0.05, 0) is 29.3 Å². The molecule has 1 aliphatic heterocycles. The molecule has 0 aliphatic carbocycles. The summed E-state index contributed by atoms with van der Waals surface area (Å²) < 4.78 is 17.1. The van der Waals surface area contributed by atoms with Crippen molar-refractivity contribution in [1.82, 2.24) is 5.32 Å². The van der Waals surface area contributed by atoms with Crippen LogP contribution in [0, 0.1) is 0 Å². The minimum absolute atomic E-state index is 0.0801. The van der Waals surface area contributed by atoms with Gasteiger partial charge in [0.15, 0.2) is 6.10 Å². The molecule has 1 unspecified atom stereocenters. The first kappa shape index (κ1) is 21.2. The number of nitrogens with one attached hydrogen (secondary N) is 1. The van der Waals surface area contributed by atoms with Crippen molar-refractivity contribution in [1.29, 1.82) is 0 Å². The van der Waals surface area contributed by atoms with Gasteiger partial charge < -0.3 is 13.9 Å². The van der Waals surface area contributed by atoms with Crippen molar-refractivity contribution < 1.29 is 28.3 Å². The quantitative estimate of drug-likeness (QED) is 0.324. The summed E-state index contributed by atoms with van der Waals surface area (Å²) >= 11 is 0. The Balaban J connectivity index is 1.49. The maximum absolute atomic E-state index is 13.5. The molecule has 1 N–H and O–H groups in total. The first-order valence-corrected chi connectivity index (χ1v) is 10.6. The third-order valence-electron chi connectivity index (χ3n) is 5.47. The molecule has 0 spiro atoms. The molecule has 1 atom stereocenters. The number of imide groups is 1. The molecule has 0 fully saturated rings. The number of benzene rings is 3. The third kappa shape index (κ3) is 4.06. The fourth-order valence-corrected chi connectivity index (χ4v) is 3.85. The number of amides is 2. The fraction of sp³-hybridized carbons (Fsp3) is 0.0741. The Morgan fingerprint density at radius 2 is 1.44 bits per heavy atom. The van der Waals surface area contributed by atoms with Crippen molar-refractivity contribution in [3.05, 3.63) is 125 Å².